The number of fused-ring (bicyclic) bond motifs is 1. The second-order valence-electron chi connectivity index (χ2n) is 4.38. The Hall–Kier alpha value is -2.30. The normalized spacial score (nSPS) is 10.5. The highest BCUT2D eigenvalue weighted by Gasteiger charge is 2.06. The summed E-state index contributed by atoms with van der Waals surface area (Å²) >= 11 is 0. The molecule has 2 aromatic rings. The van der Waals surface area contributed by atoms with Gasteiger partial charge in [-0.15, -0.1) is 0 Å². The van der Waals surface area contributed by atoms with E-state index in [1.165, 1.54) is 0 Å². The number of aliphatic carboxylic acids is 1. The number of rotatable bonds is 6. The Kier molecular flexibility index (Phi) is 4.18. The summed E-state index contributed by atoms with van der Waals surface area (Å²) in [4.78, 5) is 25.0. The van der Waals surface area contributed by atoms with Crippen LogP contribution in [0, 0.1) is 0 Å². The molecule has 1 aromatic carbocycles. The van der Waals surface area contributed by atoms with Gasteiger partial charge in [-0.1, -0.05) is 18.2 Å². The monoisotopic (exact) mass is 260 g/mol. The SMILES string of the molecule is O=C(O)CCCC(=O)NCc1c[nH]c2ccccc12. The number of benzene rings is 1. The Morgan fingerprint density at radius 1 is 1.21 bits per heavy atom. The molecule has 2 rings (SSSR count). The van der Waals surface area contributed by atoms with Crippen molar-refractivity contribution in [1.82, 2.24) is 10.3 Å². The van der Waals surface area contributed by atoms with Crippen LogP contribution in [-0.2, 0) is 16.1 Å². The van der Waals surface area contributed by atoms with Crippen LogP contribution in [0.15, 0.2) is 30.5 Å². The molecular formula is C14H16N2O3. The van der Waals surface area contributed by atoms with Crippen LogP contribution in [0.3, 0.4) is 0 Å². The smallest absolute Gasteiger partial charge is 0.303 e. The zero-order chi connectivity index (χ0) is 13.7. The van der Waals surface area contributed by atoms with Crippen molar-refractivity contribution in [3.63, 3.8) is 0 Å². The Morgan fingerprint density at radius 2 is 2.00 bits per heavy atom. The Morgan fingerprint density at radius 3 is 2.79 bits per heavy atom. The van der Waals surface area contributed by atoms with Gasteiger partial charge in [0.2, 0.25) is 5.91 Å². The number of carboxylic acids is 1. The summed E-state index contributed by atoms with van der Waals surface area (Å²) in [6.07, 6.45) is 2.52. The first kappa shape index (κ1) is 13.1. The molecule has 0 spiro atoms. The average molecular weight is 260 g/mol. The van der Waals surface area contributed by atoms with Gasteiger partial charge in [-0.25, -0.2) is 0 Å². The summed E-state index contributed by atoms with van der Waals surface area (Å²) in [5.41, 5.74) is 2.07. The third-order valence-corrected chi connectivity index (χ3v) is 2.95. The van der Waals surface area contributed by atoms with E-state index in [0.29, 0.717) is 13.0 Å². The highest BCUT2D eigenvalue weighted by atomic mass is 16.4. The van der Waals surface area contributed by atoms with Crippen molar-refractivity contribution in [2.24, 2.45) is 0 Å². The number of carbonyl (C=O) groups excluding carboxylic acids is 1. The lowest BCUT2D eigenvalue weighted by Crippen LogP contribution is -2.22. The predicted molar refractivity (Wildman–Crippen MR) is 71.6 cm³/mol. The molecule has 0 aliphatic heterocycles. The quantitative estimate of drug-likeness (QED) is 0.743. The average Bonchev–Trinajstić information content (AvgIpc) is 2.79. The predicted octanol–water partition coefficient (Wildman–Crippen LogP) is 2.04. The molecule has 0 bridgehead atoms. The number of hydrogen-bond donors (Lipinski definition) is 3. The number of H-pyrrole nitrogens is 1. The van der Waals surface area contributed by atoms with Gasteiger partial charge in [-0.3, -0.25) is 9.59 Å². The molecule has 5 heteroatoms. The van der Waals surface area contributed by atoms with Crippen LogP contribution in [0.2, 0.25) is 0 Å². The van der Waals surface area contributed by atoms with Crippen LogP contribution in [0.25, 0.3) is 10.9 Å². The first-order valence-electron chi connectivity index (χ1n) is 6.20. The zero-order valence-corrected chi connectivity index (χ0v) is 10.5. The van der Waals surface area contributed by atoms with Gasteiger partial charge in [0.1, 0.15) is 0 Å². The maximum Gasteiger partial charge on any atom is 0.303 e. The summed E-state index contributed by atoms with van der Waals surface area (Å²) < 4.78 is 0. The first-order valence-corrected chi connectivity index (χ1v) is 6.20. The van der Waals surface area contributed by atoms with E-state index in [4.69, 9.17) is 5.11 Å². The molecule has 0 atom stereocenters. The van der Waals surface area contributed by atoms with E-state index in [-0.39, 0.29) is 18.7 Å². The second kappa shape index (κ2) is 6.04. The fourth-order valence-corrected chi connectivity index (χ4v) is 1.96. The van der Waals surface area contributed by atoms with Crippen LogP contribution in [0.4, 0.5) is 0 Å². The molecule has 3 N–H and O–H groups in total. The highest BCUT2D eigenvalue weighted by molar-refractivity contribution is 5.84. The standard InChI is InChI=1S/C14H16N2O3/c17-13(6-3-7-14(18)19)16-9-10-8-15-12-5-2-1-4-11(10)12/h1-2,4-5,8,15H,3,6-7,9H2,(H,16,17)(H,18,19). The van der Waals surface area contributed by atoms with Gasteiger partial charge in [-0.2, -0.15) is 0 Å². The van der Waals surface area contributed by atoms with Gasteiger partial charge in [0.15, 0.2) is 0 Å². The molecule has 0 unspecified atom stereocenters. The number of para-hydroxylation sites is 1. The van der Waals surface area contributed by atoms with E-state index in [0.717, 1.165) is 16.5 Å². The lowest BCUT2D eigenvalue weighted by atomic mass is 10.1. The van der Waals surface area contributed by atoms with Crippen molar-refractivity contribution in [2.45, 2.75) is 25.8 Å². The zero-order valence-electron chi connectivity index (χ0n) is 10.5. The van der Waals surface area contributed by atoms with Gasteiger partial charge in [0, 0.05) is 36.5 Å². The van der Waals surface area contributed by atoms with Crippen LogP contribution >= 0.6 is 0 Å². The van der Waals surface area contributed by atoms with Crippen molar-refractivity contribution in [3.8, 4) is 0 Å². The van der Waals surface area contributed by atoms with Gasteiger partial charge < -0.3 is 15.4 Å². The van der Waals surface area contributed by atoms with Gasteiger partial charge in [0.05, 0.1) is 0 Å². The van der Waals surface area contributed by atoms with Gasteiger partial charge in [0.25, 0.3) is 0 Å². The molecule has 0 saturated carbocycles. The minimum absolute atomic E-state index is 0.0283. The van der Waals surface area contributed by atoms with E-state index < -0.39 is 5.97 Å². The Balaban J connectivity index is 1.85. The summed E-state index contributed by atoms with van der Waals surface area (Å²) in [5, 5.41) is 12.4. The lowest BCUT2D eigenvalue weighted by Gasteiger charge is -2.03. The molecule has 0 aliphatic rings. The molecule has 100 valence electrons. The summed E-state index contributed by atoms with van der Waals surface area (Å²) in [6, 6.07) is 7.88. The largest absolute Gasteiger partial charge is 0.481 e. The second-order valence-corrected chi connectivity index (χ2v) is 4.38. The minimum atomic E-state index is -0.871. The molecule has 19 heavy (non-hydrogen) atoms. The molecular weight excluding hydrogens is 244 g/mol. The van der Waals surface area contributed by atoms with Crippen molar-refractivity contribution >= 4 is 22.8 Å². The van der Waals surface area contributed by atoms with Crippen LogP contribution in [0.5, 0.6) is 0 Å². The van der Waals surface area contributed by atoms with E-state index >= 15 is 0 Å². The number of hydrogen-bond acceptors (Lipinski definition) is 2. The minimum Gasteiger partial charge on any atom is -0.481 e. The number of aromatic nitrogens is 1. The third kappa shape index (κ3) is 3.58. The van der Waals surface area contributed by atoms with Crippen molar-refractivity contribution in [1.29, 1.82) is 0 Å². The highest BCUT2D eigenvalue weighted by Crippen LogP contribution is 2.17. The molecule has 1 aromatic heterocycles. The lowest BCUT2D eigenvalue weighted by molar-refractivity contribution is -0.137. The van der Waals surface area contributed by atoms with Gasteiger partial charge >= 0.3 is 5.97 Å². The fourth-order valence-electron chi connectivity index (χ4n) is 1.96. The number of carbonyl (C=O) groups is 2. The van der Waals surface area contributed by atoms with Crippen LogP contribution in [-0.4, -0.2) is 22.0 Å². The summed E-state index contributed by atoms with van der Waals surface area (Å²) in [6.45, 7) is 0.454. The fraction of sp³-hybridized carbons (Fsp3) is 0.286. The van der Waals surface area contributed by atoms with E-state index in [1.807, 2.05) is 30.5 Å². The maximum absolute atomic E-state index is 11.5. The summed E-state index contributed by atoms with van der Waals surface area (Å²) in [5.74, 6) is -0.990. The maximum atomic E-state index is 11.5. The molecule has 1 amide bonds. The van der Waals surface area contributed by atoms with Crippen molar-refractivity contribution in [3.05, 3.63) is 36.0 Å². The number of aromatic amines is 1. The number of carboxylic acid groups (broad SMARTS) is 1. The van der Waals surface area contributed by atoms with E-state index in [2.05, 4.69) is 10.3 Å². The Bertz CT molecular complexity index is 589. The molecule has 1 heterocycles. The van der Waals surface area contributed by atoms with E-state index in [9.17, 15) is 9.59 Å². The van der Waals surface area contributed by atoms with Crippen LogP contribution < -0.4 is 5.32 Å². The van der Waals surface area contributed by atoms with Crippen molar-refractivity contribution < 1.29 is 14.7 Å². The third-order valence-electron chi connectivity index (χ3n) is 2.95. The molecule has 0 aliphatic carbocycles. The van der Waals surface area contributed by atoms with E-state index in [1.54, 1.807) is 0 Å². The molecule has 0 saturated heterocycles. The Labute approximate surface area is 110 Å². The van der Waals surface area contributed by atoms with Gasteiger partial charge in [-0.05, 0) is 18.1 Å². The first-order chi connectivity index (χ1) is 9.16. The topological polar surface area (TPSA) is 82.2 Å². The molecule has 0 radical (unpaired) electrons. The number of amides is 1. The molecule has 5 nitrogen and oxygen atoms in total. The molecule has 0 fully saturated rings. The van der Waals surface area contributed by atoms with Crippen LogP contribution in [0.1, 0.15) is 24.8 Å². The van der Waals surface area contributed by atoms with Crippen molar-refractivity contribution in [2.75, 3.05) is 0 Å². The number of nitrogens with one attached hydrogen (secondary N) is 2. The summed E-state index contributed by atoms with van der Waals surface area (Å²) in [7, 11) is 0.